The molecule has 0 aliphatic carbocycles. The molecule has 1 aliphatic rings. The van der Waals surface area contributed by atoms with Crippen LogP contribution in [0.4, 0.5) is 0 Å². The lowest BCUT2D eigenvalue weighted by Crippen LogP contribution is -2.08. The van der Waals surface area contributed by atoms with Crippen LogP contribution in [0.2, 0.25) is 0 Å². The molecule has 0 spiro atoms. The topological polar surface area (TPSA) is 25.2 Å². The molecular formula is C10H12N2. The summed E-state index contributed by atoms with van der Waals surface area (Å²) in [6.45, 7) is 0.978. The molecule has 1 aromatic rings. The van der Waals surface area contributed by atoms with E-state index >= 15 is 0 Å². The molecule has 0 bridgehead atoms. The van der Waals surface area contributed by atoms with E-state index in [4.69, 9.17) is 0 Å². The van der Waals surface area contributed by atoms with Gasteiger partial charge in [0.1, 0.15) is 0 Å². The van der Waals surface area contributed by atoms with E-state index in [1.54, 1.807) is 0 Å². The Bertz CT molecular complexity index is 277. The largest absolute Gasteiger partial charge is 0.288 e. The van der Waals surface area contributed by atoms with Crippen molar-refractivity contribution in [1.82, 2.24) is 4.98 Å². The summed E-state index contributed by atoms with van der Waals surface area (Å²) in [5.41, 5.74) is 2.24. The van der Waals surface area contributed by atoms with Gasteiger partial charge < -0.3 is 0 Å². The second-order valence-electron chi connectivity index (χ2n) is 3.00. The Morgan fingerprint density at radius 1 is 1.17 bits per heavy atom. The van der Waals surface area contributed by atoms with Gasteiger partial charge in [0.25, 0.3) is 0 Å². The number of nitrogens with zero attached hydrogens (tertiary/aromatic N) is 2. The molecule has 1 aliphatic heterocycles. The summed E-state index contributed by atoms with van der Waals surface area (Å²) in [6, 6.07) is 5.98. The molecule has 12 heavy (non-hydrogen) atoms. The first-order valence-electron chi connectivity index (χ1n) is 4.41. The molecule has 0 saturated carbocycles. The van der Waals surface area contributed by atoms with Crippen molar-refractivity contribution < 1.29 is 0 Å². The van der Waals surface area contributed by atoms with Crippen molar-refractivity contribution in [2.24, 2.45) is 4.99 Å². The standard InChI is InChI=1S/C10H12N2/c1-3-7-11-9(5-1)10-6-2-4-8-12-10/h1,3,5,7H,2,4,6,8H2. The third-order valence-electron chi connectivity index (χ3n) is 2.08. The molecule has 0 fully saturated rings. The smallest absolute Gasteiger partial charge is 0.0839 e. The zero-order chi connectivity index (χ0) is 8.23. The minimum absolute atomic E-state index is 0.978. The molecule has 2 rings (SSSR count). The van der Waals surface area contributed by atoms with Crippen LogP contribution in [-0.2, 0) is 0 Å². The zero-order valence-corrected chi connectivity index (χ0v) is 7.03. The van der Waals surface area contributed by atoms with Crippen LogP contribution in [-0.4, -0.2) is 17.2 Å². The highest BCUT2D eigenvalue weighted by molar-refractivity contribution is 5.99. The molecule has 0 unspecified atom stereocenters. The van der Waals surface area contributed by atoms with Crippen LogP contribution in [0.5, 0.6) is 0 Å². The number of hydrogen-bond donors (Lipinski definition) is 0. The van der Waals surface area contributed by atoms with Gasteiger partial charge in [0.05, 0.1) is 11.4 Å². The fourth-order valence-electron chi connectivity index (χ4n) is 1.44. The lowest BCUT2D eigenvalue weighted by Gasteiger charge is -2.10. The number of aliphatic imine (C=N–C) groups is 1. The van der Waals surface area contributed by atoms with Crippen molar-refractivity contribution in [3.63, 3.8) is 0 Å². The lowest BCUT2D eigenvalue weighted by molar-refractivity contribution is 0.737. The van der Waals surface area contributed by atoms with Gasteiger partial charge in [-0.15, -0.1) is 0 Å². The van der Waals surface area contributed by atoms with E-state index in [1.165, 1.54) is 18.6 Å². The summed E-state index contributed by atoms with van der Waals surface area (Å²) < 4.78 is 0. The van der Waals surface area contributed by atoms with Gasteiger partial charge in [0.2, 0.25) is 0 Å². The number of aromatic nitrogens is 1. The maximum absolute atomic E-state index is 4.45. The van der Waals surface area contributed by atoms with Gasteiger partial charge in [-0.1, -0.05) is 6.07 Å². The summed E-state index contributed by atoms with van der Waals surface area (Å²) >= 11 is 0. The molecule has 0 aromatic carbocycles. The normalized spacial score (nSPS) is 17.2. The molecule has 2 heteroatoms. The highest BCUT2D eigenvalue weighted by Crippen LogP contribution is 2.10. The first kappa shape index (κ1) is 7.47. The van der Waals surface area contributed by atoms with Crippen LogP contribution in [0.1, 0.15) is 25.0 Å². The average Bonchev–Trinajstić information content (AvgIpc) is 2.21. The van der Waals surface area contributed by atoms with E-state index in [2.05, 4.69) is 9.98 Å². The van der Waals surface area contributed by atoms with Crippen LogP contribution in [0.3, 0.4) is 0 Å². The van der Waals surface area contributed by atoms with E-state index in [1.807, 2.05) is 24.4 Å². The molecule has 0 N–H and O–H groups in total. The van der Waals surface area contributed by atoms with Gasteiger partial charge in [0, 0.05) is 12.7 Å². The van der Waals surface area contributed by atoms with Crippen molar-refractivity contribution >= 4 is 5.71 Å². The second kappa shape index (κ2) is 3.48. The maximum Gasteiger partial charge on any atom is 0.0839 e. The molecule has 1 aromatic heterocycles. The van der Waals surface area contributed by atoms with Crippen molar-refractivity contribution in [3.05, 3.63) is 30.1 Å². The third-order valence-corrected chi connectivity index (χ3v) is 2.08. The Labute approximate surface area is 72.4 Å². The average molecular weight is 160 g/mol. The van der Waals surface area contributed by atoms with E-state index in [-0.39, 0.29) is 0 Å². The summed E-state index contributed by atoms with van der Waals surface area (Å²) in [5, 5.41) is 0. The monoisotopic (exact) mass is 160 g/mol. The van der Waals surface area contributed by atoms with E-state index in [9.17, 15) is 0 Å². The number of rotatable bonds is 1. The van der Waals surface area contributed by atoms with Crippen LogP contribution in [0.15, 0.2) is 29.4 Å². The minimum atomic E-state index is 0.978. The molecule has 62 valence electrons. The van der Waals surface area contributed by atoms with Gasteiger partial charge in [-0.25, -0.2) is 0 Å². The Morgan fingerprint density at radius 3 is 2.83 bits per heavy atom. The Morgan fingerprint density at radius 2 is 2.17 bits per heavy atom. The summed E-state index contributed by atoms with van der Waals surface area (Å²) in [4.78, 5) is 8.73. The zero-order valence-electron chi connectivity index (χ0n) is 7.03. The molecule has 0 radical (unpaired) electrons. The highest BCUT2D eigenvalue weighted by Gasteiger charge is 2.07. The number of hydrogen-bond acceptors (Lipinski definition) is 2. The van der Waals surface area contributed by atoms with Gasteiger partial charge in [-0.2, -0.15) is 0 Å². The van der Waals surface area contributed by atoms with E-state index in [0.717, 1.165) is 18.7 Å². The Balaban J connectivity index is 2.24. The summed E-state index contributed by atoms with van der Waals surface area (Å²) in [6.07, 6.45) is 5.41. The summed E-state index contributed by atoms with van der Waals surface area (Å²) in [7, 11) is 0. The lowest BCUT2D eigenvalue weighted by atomic mass is 10.1. The fraction of sp³-hybridized carbons (Fsp3) is 0.400. The van der Waals surface area contributed by atoms with Gasteiger partial charge in [-0.3, -0.25) is 9.98 Å². The molecule has 2 nitrogen and oxygen atoms in total. The summed E-state index contributed by atoms with van der Waals surface area (Å²) in [5.74, 6) is 0. The van der Waals surface area contributed by atoms with Crippen LogP contribution >= 0.6 is 0 Å². The Kier molecular flexibility index (Phi) is 2.16. The van der Waals surface area contributed by atoms with Crippen LogP contribution < -0.4 is 0 Å². The fourth-order valence-corrected chi connectivity index (χ4v) is 1.44. The first-order chi connectivity index (χ1) is 5.97. The van der Waals surface area contributed by atoms with E-state index < -0.39 is 0 Å². The maximum atomic E-state index is 4.45. The second-order valence-corrected chi connectivity index (χ2v) is 3.00. The van der Waals surface area contributed by atoms with Crippen molar-refractivity contribution in [2.45, 2.75) is 19.3 Å². The molecule has 0 amide bonds. The van der Waals surface area contributed by atoms with Crippen molar-refractivity contribution in [3.8, 4) is 0 Å². The quantitative estimate of drug-likeness (QED) is 0.617. The molecule has 2 heterocycles. The van der Waals surface area contributed by atoms with Crippen LogP contribution in [0, 0.1) is 0 Å². The third kappa shape index (κ3) is 1.52. The number of pyridine rings is 1. The van der Waals surface area contributed by atoms with E-state index in [0.29, 0.717) is 0 Å². The molecule has 0 saturated heterocycles. The predicted octanol–water partition coefficient (Wildman–Crippen LogP) is 2.05. The van der Waals surface area contributed by atoms with Gasteiger partial charge in [-0.05, 0) is 31.4 Å². The Hall–Kier alpha value is -1.18. The SMILES string of the molecule is c1ccc(C2=NCCCC2)nc1. The van der Waals surface area contributed by atoms with Gasteiger partial charge in [0.15, 0.2) is 0 Å². The first-order valence-corrected chi connectivity index (χ1v) is 4.41. The predicted molar refractivity (Wildman–Crippen MR) is 49.5 cm³/mol. The van der Waals surface area contributed by atoms with Crippen LogP contribution in [0.25, 0.3) is 0 Å². The molecular weight excluding hydrogens is 148 g/mol. The van der Waals surface area contributed by atoms with Crippen molar-refractivity contribution in [1.29, 1.82) is 0 Å². The highest BCUT2D eigenvalue weighted by atomic mass is 14.8. The molecule has 0 atom stereocenters. The minimum Gasteiger partial charge on any atom is -0.288 e. The van der Waals surface area contributed by atoms with Crippen molar-refractivity contribution in [2.75, 3.05) is 6.54 Å². The van der Waals surface area contributed by atoms with Gasteiger partial charge >= 0.3 is 0 Å².